The Labute approximate surface area is 98.0 Å². The monoisotopic (exact) mass is 224 g/mol. The van der Waals surface area contributed by atoms with Gasteiger partial charge in [-0.2, -0.15) is 0 Å². The van der Waals surface area contributed by atoms with Gasteiger partial charge in [0.1, 0.15) is 11.6 Å². The normalized spacial score (nSPS) is 11.2. The highest BCUT2D eigenvalue weighted by atomic mass is 15.4. The molecule has 0 atom stereocenters. The Bertz CT molecular complexity index is 328. The molecule has 0 unspecified atom stereocenters. The first kappa shape index (κ1) is 12.9. The summed E-state index contributed by atoms with van der Waals surface area (Å²) in [6.07, 6.45) is 5.85. The molecule has 0 bridgehead atoms. The number of aryl methyl sites for hydroxylation is 1. The van der Waals surface area contributed by atoms with Gasteiger partial charge in [0.25, 0.3) is 0 Å². The molecule has 0 saturated heterocycles. The third-order valence-electron chi connectivity index (χ3n) is 2.84. The topological polar surface area (TPSA) is 69.9 Å². The van der Waals surface area contributed by atoms with Crippen LogP contribution >= 0.6 is 0 Å². The first-order valence-electron chi connectivity index (χ1n) is 6.20. The highest BCUT2D eigenvalue weighted by Crippen LogP contribution is 2.20. The van der Waals surface area contributed by atoms with Gasteiger partial charge in [0.2, 0.25) is 0 Å². The van der Waals surface area contributed by atoms with E-state index >= 15 is 0 Å². The van der Waals surface area contributed by atoms with Crippen LogP contribution in [0.15, 0.2) is 0 Å². The lowest BCUT2D eigenvalue weighted by Gasteiger charge is -2.04. The molecule has 1 rings (SSSR count). The molecule has 1 aromatic heterocycles. The maximum Gasteiger partial charge on any atom is 0.145 e. The number of unbranched alkanes of at least 4 members (excludes halogenated alkanes) is 3. The Balaban J connectivity index is 2.63. The Morgan fingerprint density at radius 1 is 1.25 bits per heavy atom. The summed E-state index contributed by atoms with van der Waals surface area (Å²) in [5, 5.41) is 0. The van der Waals surface area contributed by atoms with Gasteiger partial charge in [-0.1, -0.05) is 40.0 Å². The van der Waals surface area contributed by atoms with Gasteiger partial charge in [0.15, 0.2) is 0 Å². The molecule has 0 saturated carbocycles. The quantitative estimate of drug-likeness (QED) is 0.576. The summed E-state index contributed by atoms with van der Waals surface area (Å²) in [6, 6.07) is 0. The molecule has 0 aliphatic heterocycles. The number of anilines is 1. The SMILES string of the molecule is CCCCCCc1nc(C(C)C)n(N)c1N. The molecule has 0 radical (unpaired) electrons. The van der Waals surface area contributed by atoms with Gasteiger partial charge in [-0.15, -0.1) is 0 Å². The zero-order valence-corrected chi connectivity index (χ0v) is 10.7. The Kier molecular flexibility index (Phi) is 4.65. The lowest BCUT2D eigenvalue weighted by atomic mass is 10.1. The average Bonchev–Trinajstić information content (AvgIpc) is 2.52. The maximum atomic E-state index is 5.93. The first-order valence-corrected chi connectivity index (χ1v) is 6.20. The summed E-state index contributed by atoms with van der Waals surface area (Å²) in [6.45, 7) is 6.36. The minimum atomic E-state index is 0.316. The molecule has 0 spiro atoms. The van der Waals surface area contributed by atoms with E-state index < -0.39 is 0 Å². The smallest absolute Gasteiger partial charge is 0.145 e. The fourth-order valence-corrected chi connectivity index (χ4v) is 1.82. The summed E-state index contributed by atoms with van der Waals surface area (Å²) < 4.78 is 1.53. The largest absolute Gasteiger partial charge is 0.382 e. The van der Waals surface area contributed by atoms with Crippen molar-refractivity contribution in [3.63, 3.8) is 0 Å². The van der Waals surface area contributed by atoms with Crippen molar-refractivity contribution in [2.24, 2.45) is 0 Å². The zero-order chi connectivity index (χ0) is 12.1. The van der Waals surface area contributed by atoms with Crippen LogP contribution in [-0.4, -0.2) is 9.66 Å². The van der Waals surface area contributed by atoms with E-state index in [4.69, 9.17) is 11.6 Å². The highest BCUT2D eigenvalue weighted by Gasteiger charge is 2.14. The van der Waals surface area contributed by atoms with Crippen LogP contribution in [0.25, 0.3) is 0 Å². The number of rotatable bonds is 6. The molecule has 4 heteroatoms. The van der Waals surface area contributed by atoms with Gasteiger partial charge in [-0.25, -0.2) is 9.66 Å². The third kappa shape index (κ3) is 2.90. The van der Waals surface area contributed by atoms with Crippen molar-refractivity contribution in [3.05, 3.63) is 11.5 Å². The molecule has 1 heterocycles. The van der Waals surface area contributed by atoms with Crippen LogP contribution in [0, 0.1) is 0 Å². The summed E-state index contributed by atoms with van der Waals surface area (Å²) >= 11 is 0. The average molecular weight is 224 g/mol. The summed E-state index contributed by atoms with van der Waals surface area (Å²) in [7, 11) is 0. The van der Waals surface area contributed by atoms with Crippen LogP contribution in [0.4, 0.5) is 5.82 Å². The molecule has 4 nitrogen and oxygen atoms in total. The molecular weight excluding hydrogens is 200 g/mol. The van der Waals surface area contributed by atoms with E-state index in [-0.39, 0.29) is 0 Å². The molecule has 0 amide bonds. The van der Waals surface area contributed by atoms with E-state index in [9.17, 15) is 0 Å². The number of imidazole rings is 1. The molecule has 1 aromatic rings. The van der Waals surface area contributed by atoms with Gasteiger partial charge < -0.3 is 11.6 Å². The number of aromatic nitrogens is 2. The van der Waals surface area contributed by atoms with Gasteiger partial charge in [0.05, 0.1) is 5.69 Å². The number of nitrogens with two attached hydrogens (primary N) is 2. The molecule has 0 aliphatic rings. The molecule has 0 fully saturated rings. The third-order valence-corrected chi connectivity index (χ3v) is 2.84. The van der Waals surface area contributed by atoms with Crippen LogP contribution in [-0.2, 0) is 6.42 Å². The predicted octanol–water partition coefficient (Wildman–Crippen LogP) is 2.43. The maximum absolute atomic E-state index is 5.93. The van der Waals surface area contributed by atoms with Gasteiger partial charge in [-0.3, -0.25) is 0 Å². The minimum absolute atomic E-state index is 0.316. The van der Waals surface area contributed by atoms with E-state index in [0.717, 1.165) is 24.4 Å². The standard InChI is InChI=1S/C12H24N4/c1-4-5-6-7-8-10-11(13)16(14)12(15-10)9(2)3/h9H,4-8,13-14H2,1-3H3. The van der Waals surface area contributed by atoms with E-state index in [0.29, 0.717) is 11.7 Å². The number of hydrogen-bond donors (Lipinski definition) is 2. The lowest BCUT2D eigenvalue weighted by Crippen LogP contribution is -2.16. The first-order chi connectivity index (χ1) is 7.57. The second-order valence-electron chi connectivity index (χ2n) is 4.64. The van der Waals surface area contributed by atoms with E-state index in [2.05, 4.69) is 25.8 Å². The summed E-state index contributed by atoms with van der Waals surface area (Å²) in [5.74, 6) is 7.68. The van der Waals surface area contributed by atoms with E-state index in [1.807, 2.05) is 0 Å². The molecule has 92 valence electrons. The fraction of sp³-hybridized carbons (Fsp3) is 0.750. The number of hydrogen-bond acceptors (Lipinski definition) is 3. The second kappa shape index (κ2) is 5.77. The second-order valence-corrected chi connectivity index (χ2v) is 4.64. The van der Waals surface area contributed by atoms with Crippen LogP contribution in [0.2, 0.25) is 0 Å². The molecule has 0 aliphatic carbocycles. The fourth-order valence-electron chi connectivity index (χ4n) is 1.82. The van der Waals surface area contributed by atoms with E-state index in [1.54, 1.807) is 0 Å². The van der Waals surface area contributed by atoms with Crippen LogP contribution < -0.4 is 11.6 Å². The molecular formula is C12H24N4. The summed E-state index contributed by atoms with van der Waals surface area (Å²) in [5.41, 5.74) is 6.89. The molecule has 16 heavy (non-hydrogen) atoms. The van der Waals surface area contributed by atoms with Crippen LogP contribution in [0.5, 0.6) is 0 Å². The predicted molar refractivity (Wildman–Crippen MR) is 68.7 cm³/mol. The Hall–Kier alpha value is -1.19. The van der Waals surface area contributed by atoms with Gasteiger partial charge >= 0.3 is 0 Å². The summed E-state index contributed by atoms with van der Waals surface area (Å²) in [4.78, 5) is 4.52. The molecule has 4 N–H and O–H groups in total. The van der Waals surface area contributed by atoms with Crippen molar-refractivity contribution in [3.8, 4) is 0 Å². The Morgan fingerprint density at radius 2 is 1.94 bits per heavy atom. The van der Waals surface area contributed by atoms with Crippen molar-refractivity contribution in [1.82, 2.24) is 9.66 Å². The molecule has 0 aromatic carbocycles. The number of nitrogen functional groups attached to an aromatic ring is 2. The van der Waals surface area contributed by atoms with Crippen molar-refractivity contribution in [1.29, 1.82) is 0 Å². The van der Waals surface area contributed by atoms with Crippen LogP contribution in [0.3, 0.4) is 0 Å². The zero-order valence-electron chi connectivity index (χ0n) is 10.7. The van der Waals surface area contributed by atoms with Crippen molar-refractivity contribution in [2.75, 3.05) is 11.6 Å². The Morgan fingerprint density at radius 3 is 2.44 bits per heavy atom. The van der Waals surface area contributed by atoms with Crippen molar-refractivity contribution >= 4 is 5.82 Å². The van der Waals surface area contributed by atoms with E-state index in [1.165, 1.54) is 23.9 Å². The highest BCUT2D eigenvalue weighted by molar-refractivity contribution is 5.39. The van der Waals surface area contributed by atoms with Crippen molar-refractivity contribution in [2.45, 2.75) is 58.8 Å². The van der Waals surface area contributed by atoms with Gasteiger partial charge in [-0.05, 0) is 12.8 Å². The lowest BCUT2D eigenvalue weighted by molar-refractivity contribution is 0.660. The van der Waals surface area contributed by atoms with Crippen LogP contribution in [0.1, 0.15) is 63.9 Å². The van der Waals surface area contributed by atoms with Crippen molar-refractivity contribution < 1.29 is 0 Å². The van der Waals surface area contributed by atoms with Gasteiger partial charge in [0, 0.05) is 5.92 Å². The minimum Gasteiger partial charge on any atom is -0.382 e. The number of nitrogens with zero attached hydrogens (tertiary/aromatic N) is 2.